The zero-order valence-electron chi connectivity index (χ0n) is 11.5. The molecule has 0 radical (unpaired) electrons. The molecule has 1 heteroatoms. The van der Waals surface area contributed by atoms with Crippen molar-refractivity contribution in [1.29, 1.82) is 0 Å². The molecule has 0 saturated carbocycles. The van der Waals surface area contributed by atoms with E-state index in [-0.39, 0.29) is 0 Å². The Hall–Kier alpha value is -2.12. The molecule has 0 aliphatic rings. The van der Waals surface area contributed by atoms with Crippen LogP contribution < -0.4 is 5.32 Å². The van der Waals surface area contributed by atoms with Crippen molar-refractivity contribution in [2.45, 2.75) is 13.0 Å². The largest absolute Gasteiger partial charge is 0.312 e. The highest BCUT2D eigenvalue weighted by molar-refractivity contribution is 5.85. The van der Waals surface area contributed by atoms with Crippen LogP contribution in [0.4, 0.5) is 0 Å². The second-order valence-corrected chi connectivity index (χ2v) is 5.05. The van der Waals surface area contributed by atoms with E-state index in [1.807, 2.05) is 0 Å². The highest BCUT2D eigenvalue weighted by atomic mass is 14.8. The minimum atomic E-state index is 0.936. The third kappa shape index (κ3) is 3.06. The Kier molecular flexibility index (Phi) is 4.10. The van der Waals surface area contributed by atoms with E-state index in [1.54, 1.807) is 0 Å². The molecule has 0 aliphatic heterocycles. The molecule has 0 spiro atoms. The summed E-state index contributed by atoms with van der Waals surface area (Å²) < 4.78 is 0. The van der Waals surface area contributed by atoms with Crippen molar-refractivity contribution < 1.29 is 0 Å². The molecule has 0 fully saturated rings. The van der Waals surface area contributed by atoms with E-state index in [9.17, 15) is 0 Å². The van der Waals surface area contributed by atoms with E-state index in [1.165, 1.54) is 21.9 Å². The van der Waals surface area contributed by atoms with Crippen molar-refractivity contribution in [3.8, 4) is 0 Å². The standard InChI is InChI=1S/C19H19N/c1-2-7-16(8-3-1)15-20-14-13-18-11-6-10-17-9-4-5-12-19(17)18/h1-12,20H,13-15H2. The van der Waals surface area contributed by atoms with Gasteiger partial charge >= 0.3 is 0 Å². The Morgan fingerprint density at radius 2 is 1.45 bits per heavy atom. The van der Waals surface area contributed by atoms with Crippen molar-refractivity contribution >= 4 is 10.8 Å². The van der Waals surface area contributed by atoms with Crippen LogP contribution in [0.3, 0.4) is 0 Å². The zero-order valence-corrected chi connectivity index (χ0v) is 11.5. The smallest absolute Gasteiger partial charge is 0.0205 e. The molecule has 0 atom stereocenters. The summed E-state index contributed by atoms with van der Waals surface area (Å²) in [5.74, 6) is 0. The van der Waals surface area contributed by atoms with Gasteiger partial charge < -0.3 is 5.32 Å². The maximum atomic E-state index is 3.51. The predicted molar refractivity (Wildman–Crippen MR) is 85.8 cm³/mol. The molecule has 1 nitrogen and oxygen atoms in total. The van der Waals surface area contributed by atoms with Crippen LogP contribution in [0.1, 0.15) is 11.1 Å². The maximum absolute atomic E-state index is 3.51. The Bertz CT molecular complexity index is 668. The number of fused-ring (bicyclic) bond motifs is 1. The number of hydrogen-bond acceptors (Lipinski definition) is 1. The lowest BCUT2D eigenvalue weighted by Gasteiger charge is -2.08. The van der Waals surface area contributed by atoms with Gasteiger partial charge in [-0.3, -0.25) is 0 Å². The summed E-state index contributed by atoms with van der Waals surface area (Å²) in [5.41, 5.74) is 2.76. The first-order valence-corrected chi connectivity index (χ1v) is 7.15. The van der Waals surface area contributed by atoms with Gasteiger partial charge in [0, 0.05) is 6.54 Å². The van der Waals surface area contributed by atoms with Crippen LogP contribution in [0, 0.1) is 0 Å². The Morgan fingerprint density at radius 3 is 2.35 bits per heavy atom. The summed E-state index contributed by atoms with van der Waals surface area (Å²) in [6.07, 6.45) is 1.06. The number of rotatable bonds is 5. The molecule has 0 saturated heterocycles. The summed E-state index contributed by atoms with van der Waals surface area (Å²) in [6, 6.07) is 25.7. The van der Waals surface area contributed by atoms with Gasteiger partial charge in [0.15, 0.2) is 0 Å². The van der Waals surface area contributed by atoms with Gasteiger partial charge in [0.25, 0.3) is 0 Å². The normalized spacial score (nSPS) is 10.8. The molecule has 3 aromatic carbocycles. The van der Waals surface area contributed by atoms with E-state index >= 15 is 0 Å². The summed E-state index contributed by atoms with van der Waals surface area (Å²) in [6.45, 7) is 1.94. The fourth-order valence-corrected chi connectivity index (χ4v) is 2.56. The highest BCUT2D eigenvalue weighted by Crippen LogP contribution is 2.18. The lowest BCUT2D eigenvalue weighted by molar-refractivity contribution is 0.688. The average Bonchev–Trinajstić information content (AvgIpc) is 2.53. The van der Waals surface area contributed by atoms with Gasteiger partial charge in [-0.2, -0.15) is 0 Å². The van der Waals surface area contributed by atoms with Crippen molar-refractivity contribution in [2.75, 3.05) is 6.54 Å². The van der Waals surface area contributed by atoms with Crippen LogP contribution in [0.15, 0.2) is 72.8 Å². The SMILES string of the molecule is c1ccc(CNCCc2cccc3ccccc23)cc1. The summed E-state index contributed by atoms with van der Waals surface area (Å²) in [5, 5.41) is 6.21. The van der Waals surface area contributed by atoms with Gasteiger partial charge in [-0.1, -0.05) is 72.8 Å². The quantitative estimate of drug-likeness (QED) is 0.680. The molecule has 3 aromatic rings. The zero-order chi connectivity index (χ0) is 13.6. The first-order valence-electron chi connectivity index (χ1n) is 7.15. The molecule has 0 aliphatic carbocycles. The van der Waals surface area contributed by atoms with Gasteiger partial charge in [-0.25, -0.2) is 0 Å². The molecule has 3 rings (SSSR count). The topological polar surface area (TPSA) is 12.0 Å². The summed E-state index contributed by atoms with van der Waals surface area (Å²) >= 11 is 0. The lowest BCUT2D eigenvalue weighted by Crippen LogP contribution is -2.16. The minimum Gasteiger partial charge on any atom is -0.312 e. The van der Waals surface area contributed by atoms with Gasteiger partial charge in [-0.15, -0.1) is 0 Å². The predicted octanol–water partition coefficient (Wildman–Crippen LogP) is 4.17. The first-order chi connectivity index (χ1) is 9.93. The van der Waals surface area contributed by atoms with Crippen molar-refractivity contribution in [2.24, 2.45) is 0 Å². The van der Waals surface area contributed by atoms with E-state index in [2.05, 4.69) is 78.1 Å². The number of benzene rings is 3. The fourth-order valence-electron chi connectivity index (χ4n) is 2.56. The maximum Gasteiger partial charge on any atom is 0.0205 e. The van der Waals surface area contributed by atoms with E-state index in [0.29, 0.717) is 0 Å². The van der Waals surface area contributed by atoms with Crippen LogP contribution >= 0.6 is 0 Å². The second-order valence-electron chi connectivity index (χ2n) is 5.05. The minimum absolute atomic E-state index is 0.936. The molecule has 100 valence electrons. The van der Waals surface area contributed by atoms with Gasteiger partial charge in [0.2, 0.25) is 0 Å². The molecular weight excluding hydrogens is 242 g/mol. The molecule has 0 heterocycles. The Labute approximate surface area is 120 Å². The molecule has 0 bridgehead atoms. The van der Waals surface area contributed by atoms with Crippen molar-refractivity contribution in [3.05, 3.63) is 83.9 Å². The van der Waals surface area contributed by atoms with Crippen LogP contribution in [0.25, 0.3) is 10.8 Å². The molecular formula is C19H19N. The van der Waals surface area contributed by atoms with Gasteiger partial charge in [0.1, 0.15) is 0 Å². The summed E-state index contributed by atoms with van der Waals surface area (Å²) in [4.78, 5) is 0. The van der Waals surface area contributed by atoms with E-state index in [4.69, 9.17) is 0 Å². The second kappa shape index (κ2) is 6.36. The van der Waals surface area contributed by atoms with E-state index < -0.39 is 0 Å². The number of nitrogens with one attached hydrogen (secondary N) is 1. The third-order valence-corrected chi connectivity index (χ3v) is 3.62. The Balaban J connectivity index is 1.60. The van der Waals surface area contributed by atoms with Crippen LogP contribution in [-0.2, 0) is 13.0 Å². The number of hydrogen-bond donors (Lipinski definition) is 1. The third-order valence-electron chi connectivity index (χ3n) is 3.62. The molecule has 20 heavy (non-hydrogen) atoms. The summed E-state index contributed by atoms with van der Waals surface area (Å²) in [7, 11) is 0. The van der Waals surface area contributed by atoms with Crippen LogP contribution in [0.2, 0.25) is 0 Å². The molecule has 0 unspecified atom stereocenters. The molecule has 0 amide bonds. The Morgan fingerprint density at radius 1 is 0.700 bits per heavy atom. The van der Waals surface area contributed by atoms with Gasteiger partial charge in [0.05, 0.1) is 0 Å². The van der Waals surface area contributed by atoms with Crippen LogP contribution in [0.5, 0.6) is 0 Å². The highest BCUT2D eigenvalue weighted by Gasteiger charge is 1.99. The first kappa shape index (κ1) is 12.9. The fraction of sp³-hybridized carbons (Fsp3) is 0.158. The van der Waals surface area contributed by atoms with Crippen LogP contribution in [-0.4, -0.2) is 6.54 Å². The molecule has 1 N–H and O–H groups in total. The lowest BCUT2D eigenvalue weighted by atomic mass is 10.0. The van der Waals surface area contributed by atoms with Crippen molar-refractivity contribution in [3.63, 3.8) is 0 Å². The van der Waals surface area contributed by atoms with Gasteiger partial charge in [-0.05, 0) is 34.9 Å². The van der Waals surface area contributed by atoms with E-state index in [0.717, 1.165) is 19.5 Å². The average molecular weight is 261 g/mol. The molecule has 0 aromatic heterocycles. The monoisotopic (exact) mass is 261 g/mol. The van der Waals surface area contributed by atoms with Crippen molar-refractivity contribution in [1.82, 2.24) is 5.32 Å².